The van der Waals surface area contributed by atoms with Crippen molar-refractivity contribution in [2.75, 3.05) is 13.7 Å². The number of pyridine rings is 1. The fraction of sp³-hybridized carbons (Fsp3) is 0.462. The summed E-state index contributed by atoms with van der Waals surface area (Å²) in [6.45, 7) is 0.787. The monoisotopic (exact) mass is 279 g/mol. The van der Waals surface area contributed by atoms with Gasteiger partial charge in [-0.25, -0.2) is 14.8 Å². The summed E-state index contributed by atoms with van der Waals surface area (Å²) in [4.78, 5) is 27.0. The zero-order chi connectivity index (χ0) is 14.5. The number of nitrogens with one attached hydrogen (secondary N) is 1. The average molecular weight is 279 g/mol. The molecule has 2 rings (SSSR count). The number of carbonyl (C=O) groups excluding carboxylic acids is 2. The Morgan fingerprint density at radius 1 is 1.65 bits per heavy atom. The molecule has 0 aromatic carbocycles. The fourth-order valence-electron chi connectivity index (χ4n) is 2.09. The van der Waals surface area contributed by atoms with E-state index in [2.05, 4.69) is 15.0 Å². The van der Waals surface area contributed by atoms with Gasteiger partial charge in [-0.15, -0.1) is 0 Å². The fourth-order valence-corrected chi connectivity index (χ4v) is 2.09. The summed E-state index contributed by atoms with van der Waals surface area (Å²) >= 11 is 0. The topological polar surface area (TPSA) is 91.8 Å². The minimum atomic E-state index is -0.498. The maximum atomic E-state index is 11.7. The van der Waals surface area contributed by atoms with Crippen LogP contribution >= 0.6 is 0 Å². The number of hydroxylamine groups is 2. The van der Waals surface area contributed by atoms with Crippen LogP contribution in [0.2, 0.25) is 0 Å². The van der Waals surface area contributed by atoms with E-state index in [9.17, 15) is 14.8 Å². The van der Waals surface area contributed by atoms with Crippen molar-refractivity contribution in [3.63, 3.8) is 0 Å². The number of amides is 1. The van der Waals surface area contributed by atoms with Crippen molar-refractivity contribution < 1.29 is 19.5 Å². The molecule has 7 heteroatoms. The average Bonchev–Trinajstić information content (AvgIpc) is 2.48. The molecule has 1 aliphatic rings. The van der Waals surface area contributed by atoms with Crippen molar-refractivity contribution in [1.82, 2.24) is 15.4 Å². The lowest BCUT2D eigenvalue weighted by Crippen LogP contribution is -2.49. The number of carbonyl (C=O) groups is 2. The number of methoxy groups -OCH3 is 1. The molecule has 7 nitrogen and oxygen atoms in total. The Bertz CT molecular complexity index is 506. The first-order chi connectivity index (χ1) is 9.61. The highest BCUT2D eigenvalue weighted by molar-refractivity contribution is 5.87. The van der Waals surface area contributed by atoms with E-state index >= 15 is 0 Å². The number of ether oxygens (including phenoxy) is 1. The van der Waals surface area contributed by atoms with Crippen LogP contribution in [0.15, 0.2) is 18.3 Å². The number of nitrogens with zero attached hydrogens (tertiary/aromatic N) is 2. The van der Waals surface area contributed by atoms with E-state index in [-0.39, 0.29) is 11.6 Å². The van der Waals surface area contributed by atoms with Crippen LogP contribution in [-0.2, 0) is 16.1 Å². The Hall–Kier alpha value is -1.99. The van der Waals surface area contributed by atoms with Gasteiger partial charge in [-0.1, -0.05) is 0 Å². The molecular formula is C13H17N3O4. The maximum Gasteiger partial charge on any atom is 0.356 e. The molecule has 1 aromatic heterocycles. The summed E-state index contributed by atoms with van der Waals surface area (Å²) in [5.41, 5.74) is 1.05. The molecule has 0 spiro atoms. The van der Waals surface area contributed by atoms with E-state index in [0.29, 0.717) is 19.5 Å². The van der Waals surface area contributed by atoms with Gasteiger partial charge in [0.15, 0.2) is 0 Å². The number of esters is 1. The van der Waals surface area contributed by atoms with Gasteiger partial charge in [-0.2, -0.15) is 0 Å². The highest BCUT2D eigenvalue weighted by Gasteiger charge is 2.27. The summed E-state index contributed by atoms with van der Waals surface area (Å²) in [7, 11) is 1.30. The van der Waals surface area contributed by atoms with Gasteiger partial charge in [0, 0.05) is 19.3 Å². The smallest absolute Gasteiger partial charge is 0.356 e. The third-order valence-electron chi connectivity index (χ3n) is 3.19. The molecule has 0 saturated carbocycles. The summed E-state index contributed by atoms with van der Waals surface area (Å²) < 4.78 is 4.60. The van der Waals surface area contributed by atoms with Crippen LogP contribution in [-0.4, -0.2) is 46.8 Å². The third-order valence-corrected chi connectivity index (χ3v) is 3.19. The molecular weight excluding hydrogens is 262 g/mol. The van der Waals surface area contributed by atoms with Crippen LogP contribution in [0.1, 0.15) is 28.9 Å². The predicted octanol–water partition coefficient (Wildman–Crippen LogP) is 0.338. The second kappa shape index (κ2) is 6.44. The third kappa shape index (κ3) is 3.31. The first-order valence-electron chi connectivity index (χ1n) is 6.38. The maximum absolute atomic E-state index is 11.7. The summed E-state index contributed by atoms with van der Waals surface area (Å²) in [5.74, 6) is -0.819. The van der Waals surface area contributed by atoms with Crippen LogP contribution in [0.4, 0.5) is 0 Å². The van der Waals surface area contributed by atoms with Gasteiger partial charge in [-0.3, -0.25) is 10.0 Å². The Kier molecular flexibility index (Phi) is 4.65. The molecule has 1 unspecified atom stereocenters. The van der Waals surface area contributed by atoms with E-state index in [4.69, 9.17) is 0 Å². The van der Waals surface area contributed by atoms with Crippen molar-refractivity contribution in [2.45, 2.75) is 25.4 Å². The van der Waals surface area contributed by atoms with Gasteiger partial charge >= 0.3 is 5.97 Å². The highest BCUT2D eigenvalue weighted by atomic mass is 16.5. The first kappa shape index (κ1) is 14.4. The number of hydrogen-bond donors (Lipinski definition) is 2. The molecule has 1 aliphatic heterocycles. The summed E-state index contributed by atoms with van der Waals surface area (Å²) in [5, 5.41) is 13.2. The second-order valence-electron chi connectivity index (χ2n) is 4.58. The van der Waals surface area contributed by atoms with E-state index in [0.717, 1.165) is 17.0 Å². The molecule has 2 heterocycles. The Labute approximate surface area is 116 Å². The van der Waals surface area contributed by atoms with Crippen LogP contribution in [0.25, 0.3) is 0 Å². The molecule has 1 atom stereocenters. The van der Waals surface area contributed by atoms with Gasteiger partial charge in [0.25, 0.3) is 5.91 Å². The predicted molar refractivity (Wildman–Crippen MR) is 68.9 cm³/mol. The molecule has 0 bridgehead atoms. The van der Waals surface area contributed by atoms with Gasteiger partial charge in [0.05, 0.1) is 13.2 Å². The van der Waals surface area contributed by atoms with Crippen molar-refractivity contribution in [3.8, 4) is 0 Å². The molecule has 1 saturated heterocycles. The van der Waals surface area contributed by atoms with Gasteiger partial charge in [0.2, 0.25) is 0 Å². The second-order valence-corrected chi connectivity index (χ2v) is 4.58. The van der Waals surface area contributed by atoms with Crippen molar-refractivity contribution in [2.24, 2.45) is 0 Å². The van der Waals surface area contributed by atoms with E-state index in [1.807, 2.05) is 0 Å². The molecule has 0 radical (unpaired) electrons. The molecule has 1 aromatic rings. The van der Waals surface area contributed by atoms with Crippen LogP contribution in [0, 0.1) is 0 Å². The number of piperidine rings is 1. The standard InChI is InChI=1S/C13H17N3O4/c1-20-13(18)11-7-9(4-5-14-11)8-15-10-3-2-6-16(19)12(10)17/h4-5,7,10,15,19H,2-3,6,8H2,1H3. The van der Waals surface area contributed by atoms with Gasteiger partial charge < -0.3 is 10.1 Å². The summed E-state index contributed by atoms with van der Waals surface area (Å²) in [6, 6.07) is 2.97. The molecule has 108 valence electrons. The normalized spacial score (nSPS) is 19.0. The lowest BCUT2D eigenvalue weighted by molar-refractivity contribution is -0.172. The Morgan fingerprint density at radius 2 is 2.45 bits per heavy atom. The SMILES string of the molecule is COC(=O)c1cc(CNC2CCCN(O)C2=O)ccn1. The molecule has 1 fully saturated rings. The molecule has 1 amide bonds. The van der Waals surface area contributed by atoms with Crippen molar-refractivity contribution >= 4 is 11.9 Å². The van der Waals surface area contributed by atoms with Crippen LogP contribution < -0.4 is 5.32 Å². The largest absolute Gasteiger partial charge is 0.464 e. The van der Waals surface area contributed by atoms with Gasteiger partial charge in [0.1, 0.15) is 5.69 Å². The quantitative estimate of drug-likeness (QED) is 0.610. The number of rotatable bonds is 4. The molecule has 2 N–H and O–H groups in total. The van der Waals surface area contributed by atoms with E-state index < -0.39 is 12.0 Å². The first-order valence-corrected chi connectivity index (χ1v) is 6.38. The molecule has 0 aliphatic carbocycles. The molecule has 20 heavy (non-hydrogen) atoms. The summed E-state index contributed by atoms with van der Waals surface area (Å²) in [6.07, 6.45) is 2.96. The van der Waals surface area contributed by atoms with Crippen LogP contribution in [0.5, 0.6) is 0 Å². The Balaban J connectivity index is 1.97. The van der Waals surface area contributed by atoms with Crippen molar-refractivity contribution in [1.29, 1.82) is 0 Å². The van der Waals surface area contributed by atoms with E-state index in [1.165, 1.54) is 13.3 Å². The van der Waals surface area contributed by atoms with Crippen LogP contribution in [0.3, 0.4) is 0 Å². The van der Waals surface area contributed by atoms with E-state index in [1.54, 1.807) is 12.1 Å². The zero-order valence-corrected chi connectivity index (χ0v) is 11.2. The highest BCUT2D eigenvalue weighted by Crippen LogP contribution is 2.11. The minimum Gasteiger partial charge on any atom is -0.464 e. The zero-order valence-electron chi connectivity index (χ0n) is 11.2. The van der Waals surface area contributed by atoms with Crippen molar-refractivity contribution in [3.05, 3.63) is 29.6 Å². The van der Waals surface area contributed by atoms with Gasteiger partial charge in [-0.05, 0) is 30.5 Å². The lowest BCUT2D eigenvalue weighted by Gasteiger charge is -2.28. The number of hydrogen-bond acceptors (Lipinski definition) is 6. The number of aromatic nitrogens is 1. The minimum absolute atomic E-state index is 0.227. The lowest BCUT2D eigenvalue weighted by atomic mass is 10.1. The Morgan fingerprint density at radius 3 is 3.20 bits per heavy atom.